The minimum Gasteiger partial charge on any atom is -0.370 e. The molecule has 1 aromatic rings. The summed E-state index contributed by atoms with van der Waals surface area (Å²) in [6.07, 6.45) is 0.865. The van der Waals surface area contributed by atoms with Crippen LogP contribution >= 0.6 is 0 Å². The Balaban J connectivity index is 2.98. The first-order valence-electron chi connectivity index (χ1n) is 4.32. The highest BCUT2D eigenvalue weighted by molar-refractivity contribution is 5.48. The summed E-state index contributed by atoms with van der Waals surface area (Å²) in [6.45, 7) is 2.62. The summed E-state index contributed by atoms with van der Waals surface area (Å²) in [4.78, 5) is 1.59. The fourth-order valence-corrected chi connectivity index (χ4v) is 1.30. The van der Waals surface area contributed by atoms with Gasteiger partial charge in [0.2, 0.25) is 0 Å². The zero-order valence-electron chi connectivity index (χ0n) is 7.85. The maximum atomic E-state index is 13.1. The lowest BCUT2D eigenvalue weighted by molar-refractivity contribution is 0.576. The van der Waals surface area contributed by atoms with E-state index in [-0.39, 0.29) is 5.69 Å². The van der Waals surface area contributed by atoms with Crippen LogP contribution in [0.15, 0.2) is 18.2 Å². The second kappa shape index (κ2) is 4.21. The highest BCUT2D eigenvalue weighted by atomic mass is 19.1. The molecule has 0 fully saturated rings. The molecule has 0 saturated carbocycles. The molecule has 0 radical (unpaired) electrons. The third-order valence-electron chi connectivity index (χ3n) is 1.88. The molecule has 13 heavy (non-hydrogen) atoms. The van der Waals surface area contributed by atoms with Gasteiger partial charge in [-0.3, -0.25) is 0 Å². The van der Waals surface area contributed by atoms with E-state index in [1.54, 1.807) is 11.9 Å². The lowest BCUT2D eigenvalue weighted by Gasteiger charge is -2.19. The van der Waals surface area contributed by atoms with Crippen molar-refractivity contribution in [2.75, 3.05) is 18.5 Å². The molecule has 1 aromatic carbocycles. The maximum absolute atomic E-state index is 13.1. The number of para-hydroxylation sites is 1. The van der Waals surface area contributed by atoms with Gasteiger partial charge in [-0.2, -0.15) is 0 Å². The Morgan fingerprint density at radius 1 is 1.23 bits per heavy atom. The molecule has 0 saturated heterocycles. The van der Waals surface area contributed by atoms with Crippen LogP contribution < -0.4 is 4.90 Å². The van der Waals surface area contributed by atoms with E-state index in [4.69, 9.17) is 0 Å². The monoisotopic (exact) mass is 185 g/mol. The molecule has 0 aliphatic heterocycles. The molecular weight excluding hydrogens is 172 g/mol. The van der Waals surface area contributed by atoms with Gasteiger partial charge >= 0.3 is 0 Å². The predicted octanol–water partition coefficient (Wildman–Crippen LogP) is 2.81. The molecule has 3 heteroatoms. The third-order valence-corrected chi connectivity index (χ3v) is 1.88. The minimum absolute atomic E-state index is 0.0596. The van der Waals surface area contributed by atoms with E-state index in [0.29, 0.717) is 6.54 Å². The number of benzene rings is 1. The van der Waals surface area contributed by atoms with Crippen LogP contribution in [0.2, 0.25) is 0 Å². The largest absolute Gasteiger partial charge is 0.370 e. The SMILES string of the molecule is CCCN(C)c1c(F)cccc1F. The van der Waals surface area contributed by atoms with Gasteiger partial charge in [0.05, 0.1) is 0 Å². The summed E-state index contributed by atoms with van der Waals surface area (Å²) < 4.78 is 26.3. The van der Waals surface area contributed by atoms with Gasteiger partial charge in [0.25, 0.3) is 0 Å². The fourth-order valence-electron chi connectivity index (χ4n) is 1.30. The number of rotatable bonds is 3. The van der Waals surface area contributed by atoms with Crippen LogP contribution in [0.5, 0.6) is 0 Å². The molecule has 0 spiro atoms. The molecular formula is C10H13F2N. The molecule has 0 heterocycles. The zero-order valence-corrected chi connectivity index (χ0v) is 7.85. The van der Waals surface area contributed by atoms with Crippen molar-refractivity contribution >= 4 is 5.69 Å². The summed E-state index contributed by atoms with van der Waals surface area (Å²) in [5.41, 5.74) is 0.0596. The summed E-state index contributed by atoms with van der Waals surface area (Å²) in [7, 11) is 1.69. The number of halogens is 2. The molecule has 0 unspecified atom stereocenters. The summed E-state index contributed by atoms with van der Waals surface area (Å²) in [6, 6.07) is 3.91. The summed E-state index contributed by atoms with van der Waals surface area (Å²) in [5, 5.41) is 0. The molecule has 0 amide bonds. The molecule has 0 aliphatic rings. The topological polar surface area (TPSA) is 3.24 Å². The van der Waals surface area contributed by atoms with Crippen molar-refractivity contribution in [3.63, 3.8) is 0 Å². The van der Waals surface area contributed by atoms with E-state index < -0.39 is 11.6 Å². The van der Waals surface area contributed by atoms with Gasteiger partial charge in [-0.1, -0.05) is 13.0 Å². The molecule has 72 valence electrons. The summed E-state index contributed by atoms with van der Waals surface area (Å²) >= 11 is 0. The Bertz CT molecular complexity index is 266. The van der Waals surface area contributed by atoms with Gasteiger partial charge in [0.1, 0.15) is 17.3 Å². The van der Waals surface area contributed by atoms with Crippen molar-refractivity contribution in [2.45, 2.75) is 13.3 Å². The van der Waals surface area contributed by atoms with Crippen LogP contribution in [0, 0.1) is 11.6 Å². The minimum atomic E-state index is -0.504. The van der Waals surface area contributed by atoms with E-state index >= 15 is 0 Å². The Hall–Kier alpha value is -1.12. The van der Waals surface area contributed by atoms with Gasteiger partial charge in [0, 0.05) is 13.6 Å². The first kappa shape index (κ1) is 9.96. The van der Waals surface area contributed by atoms with Crippen molar-refractivity contribution in [1.29, 1.82) is 0 Å². The number of hydrogen-bond acceptors (Lipinski definition) is 1. The number of hydrogen-bond donors (Lipinski definition) is 0. The Labute approximate surface area is 77.0 Å². The van der Waals surface area contributed by atoms with Crippen molar-refractivity contribution in [3.05, 3.63) is 29.8 Å². The smallest absolute Gasteiger partial charge is 0.149 e. The van der Waals surface area contributed by atoms with Gasteiger partial charge < -0.3 is 4.90 Å². The van der Waals surface area contributed by atoms with E-state index in [0.717, 1.165) is 6.42 Å². The number of anilines is 1. The molecule has 0 aromatic heterocycles. The quantitative estimate of drug-likeness (QED) is 0.699. The van der Waals surface area contributed by atoms with Crippen molar-refractivity contribution in [1.82, 2.24) is 0 Å². The summed E-state index contributed by atoms with van der Waals surface area (Å²) in [5.74, 6) is -1.01. The van der Waals surface area contributed by atoms with Crippen molar-refractivity contribution in [3.8, 4) is 0 Å². The van der Waals surface area contributed by atoms with Gasteiger partial charge in [-0.15, -0.1) is 0 Å². The normalized spacial score (nSPS) is 10.2. The Morgan fingerprint density at radius 2 is 1.77 bits per heavy atom. The highest BCUT2D eigenvalue weighted by Gasteiger charge is 2.11. The predicted molar refractivity (Wildman–Crippen MR) is 49.9 cm³/mol. The number of nitrogens with zero attached hydrogens (tertiary/aromatic N) is 1. The Kier molecular flexibility index (Phi) is 3.23. The van der Waals surface area contributed by atoms with Crippen molar-refractivity contribution < 1.29 is 8.78 Å². The molecule has 0 atom stereocenters. The van der Waals surface area contributed by atoms with Crippen LogP contribution in [-0.4, -0.2) is 13.6 Å². The standard InChI is InChI=1S/C10H13F2N/c1-3-7-13(2)10-8(11)5-4-6-9(10)12/h4-6H,3,7H2,1-2H3. The van der Waals surface area contributed by atoms with Crippen molar-refractivity contribution in [2.24, 2.45) is 0 Å². The second-order valence-corrected chi connectivity index (χ2v) is 2.99. The first-order valence-corrected chi connectivity index (χ1v) is 4.32. The lowest BCUT2D eigenvalue weighted by atomic mass is 10.2. The van der Waals surface area contributed by atoms with Gasteiger partial charge in [-0.25, -0.2) is 8.78 Å². The molecule has 1 nitrogen and oxygen atoms in total. The van der Waals surface area contributed by atoms with Crippen LogP contribution in [0.25, 0.3) is 0 Å². The van der Waals surface area contributed by atoms with Gasteiger partial charge in [0.15, 0.2) is 0 Å². The average molecular weight is 185 g/mol. The molecule has 0 aliphatic carbocycles. The Morgan fingerprint density at radius 3 is 2.23 bits per heavy atom. The van der Waals surface area contributed by atoms with Crippen LogP contribution in [0.4, 0.5) is 14.5 Å². The molecule has 1 rings (SSSR count). The van der Waals surface area contributed by atoms with Crippen LogP contribution in [0.3, 0.4) is 0 Å². The fraction of sp³-hybridized carbons (Fsp3) is 0.400. The zero-order chi connectivity index (χ0) is 9.84. The first-order chi connectivity index (χ1) is 6.16. The van der Waals surface area contributed by atoms with E-state index in [2.05, 4.69) is 0 Å². The maximum Gasteiger partial charge on any atom is 0.149 e. The lowest BCUT2D eigenvalue weighted by Crippen LogP contribution is -2.20. The third kappa shape index (κ3) is 2.17. The second-order valence-electron chi connectivity index (χ2n) is 2.99. The molecule has 0 bridgehead atoms. The van der Waals surface area contributed by atoms with Crippen LogP contribution in [-0.2, 0) is 0 Å². The van der Waals surface area contributed by atoms with E-state index in [1.807, 2.05) is 6.92 Å². The van der Waals surface area contributed by atoms with E-state index in [1.165, 1.54) is 18.2 Å². The van der Waals surface area contributed by atoms with Crippen LogP contribution in [0.1, 0.15) is 13.3 Å². The molecule has 0 N–H and O–H groups in total. The van der Waals surface area contributed by atoms with E-state index in [9.17, 15) is 8.78 Å². The average Bonchev–Trinajstić information content (AvgIpc) is 2.04. The highest BCUT2D eigenvalue weighted by Crippen LogP contribution is 2.21. The van der Waals surface area contributed by atoms with Gasteiger partial charge in [-0.05, 0) is 18.6 Å².